The van der Waals surface area contributed by atoms with Gasteiger partial charge in [-0.05, 0) is 105 Å². The van der Waals surface area contributed by atoms with E-state index < -0.39 is 26.8 Å². The van der Waals surface area contributed by atoms with Crippen LogP contribution in [0.5, 0.6) is 5.75 Å². The number of hydrogen-bond acceptors (Lipinski definition) is 8. The van der Waals surface area contributed by atoms with Crippen LogP contribution >= 0.6 is 11.6 Å². The lowest BCUT2D eigenvalue weighted by Gasteiger charge is -2.51. The van der Waals surface area contributed by atoms with Crippen molar-refractivity contribution >= 4 is 33.2 Å². The van der Waals surface area contributed by atoms with Gasteiger partial charge in [0.1, 0.15) is 18.0 Å². The minimum absolute atomic E-state index is 0.219. The Labute approximate surface area is 291 Å². The molecule has 262 valence electrons. The third-order valence-corrected chi connectivity index (χ3v) is 13.3. The molecule has 1 aliphatic carbocycles. The van der Waals surface area contributed by atoms with Crippen LogP contribution in [-0.2, 0) is 32.5 Å². The largest absolute Gasteiger partial charge is 0.487 e. The summed E-state index contributed by atoms with van der Waals surface area (Å²) in [4.78, 5) is 18.3. The number of nitrogens with zero attached hydrogens (tertiary/aromatic N) is 2. The number of benzene rings is 2. The van der Waals surface area contributed by atoms with Crippen LogP contribution in [0, 0.1) is 17.8 Å². The molecule has 1 amide bonds. The van der Waals surface area contributed by atoms with Crippen LogP contribution < -0.4 is 14.4 Å². The van der Waals surface area contributed by atoms with E-state index >= 15 is 0 Å². The van der Waals surface area contributed by atoms with E-state index in [4.69, 9.17) is 25.8 Å². The summed E-state index contributed by atoms with van der Waals surface area (Å²) in [5, 5.41) is -0.0619. The van der Waals surface area contributed by atoms with Crippen molar-refractivity contribution in [1.82, 2.24) is 9.62 Å². The molecule has 2 bridgehead atoms. The first-order valence-electron chi connectivity index (χ1n) is 17.5. The molecule has 6 rings (SSSR count). The monoisotopic (exact) mass is 699 g/mol. The van der Waals surface area contributed by atoms with Crippen molar-refractivity contribution in [2.24, 2.45) is 17.8 Å². The van der Waals surface area contributed by atoms with Gasteiger partial charge in [0, 0.05) is 50.4 Å². The van der Waals surface area contributed by atoms with E-state index in [1.54, 1.807) is 13.0 Å². The van der Waals surface area contributed by atoms with E-state index in [-0.39, 0.29) is 11.8 Å². The van der Waals surface area contributed by atoms with Crippen molar-refractivity contribution in [1.29, 1.82) is 0 Å². The molecule has 0 radical (unpaired) electrons. The highest BCUT2D eigenvalue weighted by atomic mass is 35.5. The van der Waals surface area contributed by atoms with E-state index in [1.165, 1.54) is 5.56 Å². The number of nitrogens with one attached hydrogen (secondary N) is 1. The van der Waals surface area contributed by atoms with E-state index in [2.05, 4.69) is 26.7 Å². The van der Waals surface area contributed by atoms with Crippen LogP contribution in [0.3, 0.4) is 0 Å². The number of aryl methyl sites for hydroxylation is 1. The van der Waals surface area contributed by atoms with Gasteiger partial charge in [0.15, 0.2) is 0 Å². The molecule has 48 heavy (non-hydrogen) atoms. The maximum atomic E-state index is 13.5. The predicted octanol–water partition coefficient (Wildman–Crippen LogP) is 5.85. The number of carbonyl (C=O) groups is 1. The normalized spacial score (nSPS) is 30.8. The summed E-state index contributed by atoms with van der Waals surface area (Å²) >= 11 is 6.38. The lowest BCUT2D eigenvalue weighted by Crippen LogP contribution is -2.57. The van der Waals surface area contributed by atoms with Gasteiger partial charge < -0.3 is 19.1 Å². The maximum absolute atomic E-state index is 13.5. The van der Waals surface area contributed by atoms with Gasteiger partial charge in [-0.3, -0.25) is 9.69 Å². The molecule has 0 unspecified atom stereocenters. The minimum Gasteiger partial charge on any atom is -0.487 e. The second kappa shape index (κ2) is 15.1. The molecule has 3 aliphatic heterocycles. The lowest BCUT2D eigenvalue weighted by molar-refractivity contribution is -0.101. The standard InChI is InChI=1S/C37H50ClN3O6S/c1-26-7-6-15-37(45-3,25-40-17-19-46-20-18-40)33-13-10-30(33)23-41-16-5-4-8-28-21-32(38)12-9-31(28)24-47-35-14-11-29(22-34(35)41)36(42)39-48(43,44)27(26)2/h6,9,11-12,14-15,21-22,26-27,30,33H,4-5,7-8,10,13,16-20,23-25H2,1-3H3,(H,39,42)/b15-6+/t26-,27+,30-,33+,37+/m0/s1. The summed E-state index contributed by atoms with van der Waals surface area (Å²) in [5.74, 6) is 0.448. The third kappa shape index (κ3) is 7.73. The Morgan fingerprint density at radius 3 is 2.60 bits per heavy atom. The van der Waals surface area contributed by atoms with E-state index in [0.717, 1.165) is 76.1 Å². The van der Waals surface area contributed by atoms with Crippen molar-refractivity contribution in [3.63, 3.8) is 0 Å². The predicted molar refractivity (Wildman–Crippen MR) is 189 cm³/mol. The Kier molecular flexibility index (Phi) is 11.1. The zero-order chi connectivity index (χ0) is 33.9. The molecule has 4 aliphatic rings. The highest BCUT2D eigenvalue weighted by Gasteiger charge is 2.48. The van der Waals surface area contributed by atoms with Crippen molar-refractivity contribution in [2.45, 2.75) is 69.8 Å². The number of morpholine rings is 1. The smallest absolute Gasteiger partial charge is 0.264 e. The number of hydrogen-bond donors (Lipinski definition) is 1. The number of rotatable bonds is 3. The zero-order valence-corrected chi connectivity index (χ0v) is 30.0. The Balaban J connectivity index is 1.40. The van der Waals surface area contributed by atoms with Crippen molar-refractivity contribution in [3.05, 3.63) is 70.3 Å². The quantitative estimate of drug-likeness (QED) is 0.399. The Hall–Kier alpha value is -2.63. The number of anilines is 1. The average molecular weight is 700 g/mol. The summed E-state index contributed by atoms with van der Waals surface area (Å²) in [5.41, 5.74) is 2.85. The van der Waals surface area contributed by atoms with Crippen molar-refractivity contribution in [3.8, 4) is 5.75 Å². The fourth-order valence-electron chi connectivity index (χ4n) is 7.74. The first kappa shape index (κ1) is 35.2. The SMILES string of the molecule is CO[C@@]1(CN2CCOCC2)/C=C/C[C@H](C)[C@@H](C)S(=O)(=O)NC(=O)c2ccc3c(c2)N(CCCCc2cc(Cl)ccc2CO3)C[C@@H]2CC[C@H]21. The summed E-state index contributed by atoms with van der Waals surface area (Å²) in [6, 6.07) is 11.2. The van der Waals surface area contributed by atoms with Crippen LogP contribution in [-0.4, -0.2) is 83.1 Å². The van der Waals surface area contributed by atoms with Crippen molar-refractivity contribution < 1.29 is 27.4 Å². The molecule has 2 aromatic carbocycles. The van der Waals surface area contributed by atoms with Crippen molar-refractivity contribution in [2.75, 3.05) is 57.9 Å². The molecule has 1 saturated carbocycles. The molecular formula is C37H50ClN3O6S. The zero-order valence-electron chi connectivity index (χ0n) is 28.5. The minimum atomic E-state index is -3.94. The summed E-state index contributed by atoms with van der Waals surface area (Å²) in [6.45, 7) is 9.39. The molecule has 0 spiro atoms. The summed E-state index contributed by atoms with van der Waals surface area (Å²) in [6.07, 6.45) is 9.81. The highest BCUT2D eigenvalue weighted by molar-refractivity contribution is 7.90. The highest BCUT2D eigenvalue weighted by Crippen LogP contribution is 2.47. The van der Waals surface area contributed by atoms with Gasteiger partial charge in [0.25, 0.3) is 5.91 Å². The number of halogens is 1. The lowest BCUT2D eigenvalue weighted by atomic mass is 9.63. The molecule has 1 saturated heterocycles. The van der Waals surface area contributed by atoms with Gasteiger partial charge in [0.2, 0.25) is 10.0 Å². The van der Waals surface area contributed by atoms with E-state index in [1.807, 2.05) is 44.4 Å². The van der Waals surface area contributed by atoms with E-state index in [9.17, 15) is 13.2 Å². The maximum Gasteiger partial charge on any atom is 0.264 e. The van der Waals surface area contributed by atoms with Crippen LogP contribution in [0.25, 0.3) is 0 Å². The van der Waals surface area contributed by atoms with Gasteiger partial charge in [0.05, 0.1) is 24.2 Å². The average Bonchev–Trinajstić information content (AvgIpc) is 3.09. The fourth-order valence-corrected chi connectivity index (χ4v) is 9.22. The molecular weight excluding hydrogens is 650 g/mol. The number of methoxy groups -OCH3 is 1. The number of allylic oxidation sites excluding steroid dienone is 1. The summed E-state index contributed by atoms with van der Waals surface area (Å²) in [7, 11) is -2.13. The van der Waals surface area contributed by atoms with Crippen LogP contribution in [0.1, 0.15) is 67.4 Å². The topological polar surface area (TPSA) is 97.4 Å². The third-order valence-electron chi connectivity index (χ3n) is 11.1. The van der Waals surface area contributed by atoms with Crippen LogP contribution in [0.2, 0.25) is 5.02 Å². The fraction of sp³-hybridized carbons (Fsp3) is 0.595. The van der Waals surface area contributed by atoms with Crippen LogP contribution in [0.15, 0.2) is 48.6 Å². The molecule has 2 fully saturated rings. The number of amides is 1. The van der Waals surface area contributed by atoms with Gasteiger partial charge >= 0.3 is 0 Å². The molecule has 9 nitrogen and oxygen atoms in total. The molecule has 2 aromatic rings. The number of carbonyl (C=O) groups excluding carboxylic acids is 1. The first-order valence-corrected chi connectivity index (χ1v) is 19.4. The van der Waals surface area contributed by atoms with E-state index in [0.29, 0.717) is 48.5 Å². The second-order valence-corrected chi connectivity index (χ2v) is 16.5. The van der Waals surface area contributed by atoms with Gasteiger partial charge in [-0.25, -0.2) is 13.1 Å². The number of sulfonamides is 1. The Morgan fingerprint density at radius 2 is 1.85 bits per heavy atom. The first-order chi connectivity index (χ1) is 23.1. The van der Waals surface area contributed by atoms with Gasteiger partial charge in [-0.1, -0.05) is 36.7 Å². The van der Waals surface area contributed by atoms with Gasteiger partial charge in [-0.15, -0.1) is 0 Å². The number of ether oxygens (including phenoxy) is 3. The Morgan fingerprint density at radius 1 is 1.04 bits per heavy atom. The second-order valence-electron chi connectivity index (χ2n) is 14.1. The summed E-state index contributed by atoms with van der Waals surface area (Å²) < 4.78 is 48.0. The molecule has 3 heterocycles. The van der Waals surface area contributed by atoms with Gasteiger partial charge in [-0.2, -0.15) is 0 Å². The Bertz CT molecular complexity index is 1600. The molecule has 11 heteroatoms. The molecule has 1 N–H and O–H groups in total. The number of fused-ring (bicyclic) bond motifs is 3. The van der Waals surface area contributed by atoms with Crippen LogP contribution in [0.4, 0.5) is 5.69 Å². The molecule has 0 aromatic heterocycles. The molecule has 5 atom stereocenters.